The normalized spacial score (nSPS) is 21.0. The minimum atomic E-state index is 0.236. The summed E-state index contributed by atoms with van der Waals surface area (Å²) in [6, 6.07) is 15.6. The highest BCUT2D eigenvalue weighted by molar-refractivity contribution is 5.75. The van der Waals surface area contributed by atoms with Crippen molar-refractivity contribution in [2.75, 3.05) is 0 Å². The van der Waals surface area contributed by atoms with Gasteiger partial charge in [0.1, 0.15) is 6.29 Å². The van der Waals surface area contributed by atoms with E-state index >= 15 is 0 Å². The summed E-state index contributed by atoms with van der Waals surface area (Å²) in [5, 5.41) is 8.09. The van der Waals surface area contributed by atoms with Gasteiger partial charge in [0.05, 0.1) is 0 Å². The second-order valence-electron chi connectivity index (χ2n) is 10.2. The van der Waals surface area contributed by atoms with Crippen molar-refractivity contribution in [3.05, 3.63) is 77.1 Å². The van der Waals surface area contributed by atoms with Gasteiger partial charge in [0.15, 0.2) is 0 Å². The molecule has 182 valence electrons. The van der Waals surface area contributed by atoms with Gasteiger partial charge < -0.3 is 14.6 Å². The zero-order valence-electron chi connectivity index (χ0n) is 20.7. The first-order valence-corrected chi connectivity index (χ1v) is 12.8. The van der Waals surface area contributed by atoms with Crippen molar-refractivity contribution in [2.24, 2.45) is 5.92 Å². The predicted octanol–water partition coefficient (Wildman–Crippen LogP) is 6.03. The number of fused-ring (bicyclic) bond motifs is 1. The molecule has 1 N–H and O–H groups in total. The Bertz CT molecular complexity index is 1380. The molecule has 2 aliphatic rings. The Balaban J connectivity index is 1.24. The minimum absolute atomic E-state index is 0.236. The summed E-state index contributed by atoms with van der Waals surface area (Å²) < 4.78 is 5.71. The van der Waals surface area contributed by atoms with Gasteiger partial charge >= 0.3 is 0 Å². The lowest BCUT2D eigenvalue weighted by molar-refractivity contribution is -0.113. The van der Waals surface area contributed by atoms with Gasteiger partial charge in [0.25, 0.3) is 5.89 Å². The van der Waals surface area contributed by atoms with Crippen LogP contribution in [0.1, 0.15) is 54.0 Å². The summed E-state index contributed by atoms with van der Waals surface area (Å²) in [6.07, 6.45) is 9.99. The van der Waals surface area contributed by atoms with Crippen LogP contribution in [-0.2, 0) is 11.2 Å². The second-order valence-corrected chi connectivity index (χ2v) is 10.2. The largest absolute Gasteiger partial charge is 0.334 e. The molecule has 0 aliphatic heterocycles. The van der Waals surface area contributed by atoms with Crippen LogP contribution < -0.4 is 5.32 Å². The van der Waals surface area contributed by atoms with Crippen molar-refractivity contribution >= 4 is 6.29 Å². The average molecular weight is 479 g/mol. The van der Waals surface area contributed by atoms with Gasteiger partial charge in [0.2, 0.25) is 5.82 Å². The summed E-state index contributed by atoms with van der Waals surface area (Å²) >= 11 is 0. The Morgan fingerprint density at radius 3 is 2.50 bits per heavy atom. The summed E-state index contributed by atoms with van der Waals surface area (Å²) in [4.78, 5) is 19.8. The maximum absolute atomic E-state index is 10.9. The number of hydrogen-bond donors (Lipinski definition) is 1. The highest BCUT2D eigenvalue weighted by Crippen LogP contribution is 2.36. The highest BCUT2D eigenvalue weighted by Gasteiger charge is 2.32. The van der Waals surface area contributed by atoms with Crippen LogP contribution in [0, 0.1) is 19.8 Å². The van der Waals surface area contributed by atoms with Gasteiger partial charge in [-0.1, -0.05) is 17.3 Å². The van der Waals surface area contributed by atoms with Crippen molar-refractivity contribution in [1.82, 2.24) is 20.4 Å². The molecule has 4 aromatic rings. The molecule has 2 aromatic carbocycles. The number of carbonyl (C=O) groups excluding carboxylic acids is 1. The molecule has 2 aliphatic carbocycles. The Kier molecular flexibility index (Phi) is 5.97. The zero-order chi connectivity index (χ0) is 24.6. The van der Waals surface area contributed by atoms with Gasteiger partial charge in [-0.3, -0.25) is 4.98 Å². The van der Waals surface area contributed by atoms with Crippen LogP contribution in [0.25, 0.3) is 34.0 Å². The lowest BCUT2D eigenvalue weighted by atomic mass is 9.79. The molecule has 2 aromatic heterocycles. The van der Waals surface area contributed by atoms with Crippen molar-refractivity contribution in [2.45, 2.75) is 58.0 Å². The van der Waals surface area contributed by atoms with E-state index in [-0.39, 0.29) is 5.92 Å². The van der Waals surface area contributed by atoms with Gasteiger partial charge in [0, 0.05) is 41.5 Å². The Hall–Kier alpha value is -3.64. The molecule has 0 spiro atoms. The van der Waals surface area contributed by atoms with E-state index in [1.807, 2.05) is 24.5 Å². The van der Waals surface area contributed by atoms with Crippen LogP contribution in [0.2, 0.25) is 0 Å². The number of pyridine rings is 1. The quantitative estimate of drug-likeness (QED) is 0.341. The summed E-state index contributed by atoms with van der Waals surface area (Å²) in [5.74, 6) is 1.38. The number of rotatable bonds is 6. The third-order valence-electron chi connectivity index (χ3n) is 7.69. The van der Waals surface area contributed by atoms with Crippen LogP contribution >= 0.6 is 0 Å². The first-order valence-electron chi connectivity index (χ1n) is 12.8. The van der Waals surface area contributed by atoms with E-state index in [1.165, 1.54) is 16.7 Å². The number of aldehydes is 1. The average Bonchev–Trinajstić information content (AvgIpc) is 3.36. The number of aromatic nitrogens is 3. The second kappa shape index (κ2) is 9.43. The van der Waals surface area contributed by atoms with Gasteiger partial charge in [-0.25, -0.2) is 0 Å². The molecule has 1 saturated carbocycles. The number of nitrogens with zero attached hydrogens (tertiary/aromatic N) is 3. The molecule has 0 saturated heterocycles. The zero-order valence-corrected chi connectivity index (χ0v) is 20.7. The van der Waals surface area contributed by atoms with Crippen LogP contribution in [0.15, 0.2) is 59.4 Å². The van der Waals surface area contributed by atoms with E-state index in [2.05, 4.69) is 59.6 Å². The monoisotopic (exact) mass is 478 g/mol. The van der Waals surface area contributed by atoms with E-state index in [0.717, 1.165) is 66.2 Å². The number of nitrogens with one attached hydrogen (secondary N) is 1. The molecular formula is C30H30N4O2. The molecule has 6 heteroatoms. The lowest BCUT2D eigenvalue weighted by Gasteiger charge is -2.37. The Morgan fingerprint density at radius 1 is 0.972 bits per heavy atom. The first kappa shape index (κ1) is 22.8. The number of carbonyl (C=O) groups is 1. The van der Waals surface area contributed by atoms with Crippen molar-refractivity contribution in [1.29, 1.82) is 0 Å². The fourth-order valence-corrected chi connectivity index (χ4v) is 5.84. The van der Waals surface area contributed by atoms with Gasteiger partial charge in [-0.15, -0.1) is 0 Å². The predicted molar refractivity (Wildman–Crippen MR) is 139 cm³/mol. The first-order chi connectivity index (χ1) is 17.6. The lowest BCUT2D eigenvalue weighted by Crippen LogP contribution is -2.44. The standard InChI is InChI=1S/C30H30N4O2/c1-18-12-24(13-19(2)28(18)21-8-10-31-11-9-21)30-33-29(34-36-30)23-6-7-26-22(16-23)4-3-5-27(26)32-25-14-20(15-25)17-35/h6-13,16-17,20,25,27,32H,3-5,14-15H2,1-2H3. The van der Waals surface area contributed by atoms with Crippen LogP contribution in [0.3, 0.4) is 0 Å². The van der Waals surface area contributed by atoms with Crippen molar-refractivity contribution in [3.63, 3.8) is 0 Å². The molecule has 1 unspecified atom stereocenters. The van der Waals surface area contributed by atoms with Gasteiger partial charge in [-0.2, -0.15) is 4.98 Å². The number of hydrogen-bond acceptors (Lipinski definition) is 6. The Morgan fingerprint density at radius 2 is 1.75 bits per heavy atom. The Labute approximate surface area is 211 Å². The highest BCUT2D eigenvalue weighted by atomic mass is 16.5. The summed E-state index contributed by atoms with van der Waals surface area (Å²) in [5.41, 5.74) is 9.31. The summed E-state index contributed by atoms with van der Waals surface area (Å²) in [6.45, 7) is 4.22. The van der Waals surface area contributed by atoms with E-state index in [9.17, 15) is 4.79 Å². The molecule has 6 nitrogen and oxygen atoms in total. The van der Waals surface area contributed by atoms with Crippen LogP contribution in [0.5, 0.6) is 0 Å². The van der Waals surface area contributed by atoms with Crippen molar-refractivity contribution < 1.29 is 9.32 Å². The fourth-order valence-electron chi connectivity index (χ4n) is 5.84. The van der Waals surface area contributed by atoms with E-state index in [4.69, 9.17) is 9.51 Å². The van der Waals surface area contributed by atoms with Crippen molar-refractivity contribution in [3.8, 4) is 34.0 Å². The third-order valence-corrected chi connectivity index (χ3v) is 7.69. The van der Waals surface area contributed by atoms with Crippen LogP contribution in [0.4, 0.5) is 0 Å². The molecule has 1 atom stereocenters. The SMILES string of the molecule is Cc1cc(-c2nc(-c3ccc4c(c3)CCCC4NC3CC(C=O)C3)no2)cc(C)c1-c1ccncc1. The van der Waals surface area contributed by atoms with Crippen LogP contribution in [-0.4, -0.2) is 27.5 Å². The molecule has 2 heterocycles. The molecular weight excluding hydrogens is 448 g/mol. The smallest absolute Gasteiger partial charge is 0.258 e. The van der Waals surface area contributed by atoms with E-state index < -0.39 is 0 Å². The van der Waals surface area contributed by atoms with Gasteiger partial charge in [-0.05, 0) is 110 Å². The fraction of sp³-hybridized carbons (Fsp3) is 0.333. The van der Waals surface area contributed by atoms with E-state index in [1.54, 1.807) is 0 Å². The molecule has 1 fully saturated rings. The molecule has 0 radical (unpaired) electrons. The molecule has 0 amide bonds. The summed E-state index contributed by atoms with van der Waals surface area (Å²) in [7, 11) is 0. The number of aryl methyl sites for hydroxylation is 3. The third kappa shape index (κ3) is 4.26. The molecule has 36 heavy (non-hydrogen) atoms. The topological polar surface area (TPSA) is 80.9 Å². The maximum atomic E-state index is 10.9. The molecule has 0 bridgehead atoms. The van der Waals surface area contributed by atoms with E-state index in [0.29, 0.717) is 23.8 Å². The minimum Gasteiger partial charge on any atom is -0.334 e. The number of benzene rings is 2. The maximum Gasteiger partial charge on any atom is 0.258 e. The molecule has 6 rings (SSSR count).